The maximum absolute atomic E-state index is 13.2. The molecule has 2 aliphatic rings. The molecule has 2 fully saturated rings. The fourth-order valence-electron chi connectivity index (χ4n) is 5.15. The van der Waals surface area contributed by atoms with Crippen LogP contribution in [0, 0.1) is 0 Å². The highest BCUT2D eigenvalue weighted by molar-refractivity contribution is 5.97. The SMILES string of the molecule is CCCN1CCCC(N(C)C(=O)c2ccc3c(c2)nc(NC2CCCC2)n3C)CC1. The lowest BCUT2D eigenvalue weighted by atomic mass is 10.1. The highest BCUT2D eigenvalue weighted by Crippen LogP contribution is 2.26. The molecule has 1 aliphatic heterocycles. The molecule has 2 aromatic rings. The fourth-order valence-corrected chi connectivity index (χ4v) is 5.15. The Labute approximate surface area is 180 Å². The van der Waals surface area contributed by atoms with Crippen molar-refractivity contribution >= 4 is 22.9 Å². The number of likely N-dealkylation sites (tertiary alicyclic amines) is 1. The number of nitrogens with one attached hydrogen (secondary N) is 1. The monoisotopic (exact) mass is 411 g/mol. The van der Waals surface area contributed by atoms with E-state index in [9.17, 15) is 4.79 Å². The molecule has 6 nitrogen and oxygen atoms in total. The molecular weight excluding hydrogens is 374 g/mol. The number of aryl methyl sites for hydroxylation is 1. The number of anilines is 1. The van der Waals surface area contributed by atoms with Crippen LogP contribution in [0.4, 0.5) is 5.95 Å². The van der Waals surface area contributed by atoms with Gasteiger partial charge < -0.3 is 19.7 Å². The topological polar surface area (TPSA) is 53.4 Å². The van der Waals surface area contributed by atoms with Crippen molar-refractivity contribution in [2.45, 2.75) is 70.4 Å². The van der Waals surface area contributed by atoms with E-state index in [1.54, 1.807) is 0 Å². The number of benzene rings is 1. The van der Waals surface area contributed by atoms with Crippen LogP contribution < -0.4 is 5.32 Å². The van der Waals surface area contributed by atoms with E-state index in [1.807, 2.05) is 37.2 Å². The number of rotatable bonds is 6. The zero-order valence-electron chi connectivity index (χ0n) is 18.9. The summed E-state index contributed by atoms with van der Waals surface area (Å²) in [5.41, 5.74) is 2.71. The Hall–Kier alpha value is -2.08. The van der Waals surface area contributed by atoms with Crippen LogP contribution in [0.15, 0.2) is 18.2 Å². The maximum atomic E-state index is 13.2. The zero-order chi connectivity index (χ0) is 21.1. The Morgan fingerprint density at radius 1 is 1.17 bits per heavy atom. The van der Waals surface area contributed by atoms with Crippen LogP contribution in [0.1, 0.15) is 68.6 Å². The standard InChI is InChI=1S/C24H37N5O/c1-4-14-29-15-7-10-20(13-16-29)27(2)23(30)18-11-12-22-21(17-18)26-24(28(22)3)25-19-8-5-6-9-19/h11-12,17,19-20H,4-10,13-16H2,1-3H3,(H,25,26). The molecule has 1 saturated carbocycles. The molecule has 1 aromatic heterocycles. The first kappa shape index (κ1) is 21.2. The summed E-state index contributed by atoms with van der Waals surface area (Å²) in [5.74, 6) is 1.02. The lowest BCUT2D eigenvalue weighted by molar-refractivity contribution is 0.0718. The number of fused-ring (bicyclic) bond motifs is 1. The highest BCUT2D eigenvalue weighted by atomic mass is 16.2. The van der Waals surface area contributed by atoms with Crippen molar-refractivity contribution in [1.29, 1.82) is 0 Å². The first-order valence-corrected chi connectivity index (χ1v) is 11.8. The molecule has 30 heavy (non-hydrogen) atoms. The van der Waals surface area contributed by atoms with E-state index in [0.717, 1.165) is 61.4 Å². The normalized spacial score (nSPS) is 21.1. The van der Waals surface area contributed by atoms with E-state index in [2.05, 4.69) is 21.7 Å². The molecule has 1 aliphatic carbocycles. The molecule has 1 unspecified atom stereocenters. The van der Waals surface area contributed by atoms with Crippen molar-refractivity contribution in [3.63, 3.8) is 0 Å². The molecule has 164 valence electrons. The smallest absolute Gasteiger partial charge is 0.253 e. The summed E-state index contributed by atoms with van der Waals surface area (Å²) in [6.45, 7) is 5.65. The summed E-state index contributed by atoms with van der Waals surface area (Å²) in [6.07, 6.45) is 9.53. The van der Waals surface area contributed by atoms with Crippen molar-refractivity contribution in [3.05, 3.63) is 23.8 Å². The Kier molecular flexibility index (Phi) is 6.61. The van der Waals surface area contributed by atoms with Gasteiger partial charge in [0.25, 0.3) is 5.91 Å². The van der Waals surface area contributed by atoms with Gasteiger partial charge in [-0.3, -0.25) is 4.79 Å². The van der Waals surface area contributed by atoms with E-state index in [0.29, 0.717) is 12.1 Å². The van der Waals surface area contributed by atoms with Gasteiger partial charge in [0.15, 0.2) is 0 Å². The Morgan fingerprint density at radius 3 is 2.73 bits per heavy atom. The molecule has 0 bridgehead atoms. The summed E-state index contributed by atoms with van der Waals surface area (Å²) in [4.78, 5) is 22.6. The molecule has 1 N–H and O–H groups in total. The third-order valence-electron chi connectivity index (χ3n) is 7.01. The molecule has 4 rings (SSSR count). The zero-order valence-corrected chi connectivity index (χ0v) is 18.9. The minimum absolute atomic E-state index is 0.113. The van der Waals surface area contributed by atoms with Crippen molar-refractivity contribution in [1.82, 2.24) is 19.4 Å². The molecule has 1 aromatic carbocycles. The first-order chi connectivity index (χ1) is 14.6. The van der Waals surface area contributed by atoms with E-state index >= 15 is 0 Å². The van der Waals surface area contributed by atoms with E-state index < -0.39 is 0 Å². The van der Waals surface area contributed by atoms with Gasteiger partial charge in [0.05, 0.1) is 11.0 Å². The lowest BCUT2D eigenvalue weighted by Crippen LogP contribution is -2.37. The van der Waals surface area contributed by atoms with Gasteiger partial charge in [-0.2, -0.15) is 0 Å². The summed E-state index contributed by atoms with van der Waals surface area (Å²) in [5, 5.41) is 3.59. The molecule has 1 saturated heterocycles. The van der Waals surface area contributed by atoms with Crippen LogP contribution in [-0.2, 0) is 7.05 Å². The number of hydrogen-bond donors (Lipinski definition) is 1. The molecule has 6 heteroatoms. The van der Waals surface area contributed by atoms with Gasteiger partial charge in [-0.25, -0.2) is 4.98 Å². The van der Waals surface area contributed by atoms with Crippen molar-refractivity contribution in [2.24, 2.45) is 7.05 Å². The van der Waals surface area contributed by atoms with Crippen LogP contribution in [0.3, 0.4) is 0 Å². The minimum atomic E-state index is 0.113. The maximum Gasteiger partial charge on any atom is 0.253 e. The van der Waals surface area contributed by atoms with Crippen LogP contribution in [0.2, 0.25) is 0 Å². The van der Waals surface area contributed by atoms with Gasteiger partial charge in [0, 0.05) is 38.3 Å². The summed E-state index contributed by atoms with van der Waals surface area (Å²) in [7, 11) is 4.02. The predicted octanol–water partition coefficient (Wildman–Crippen LogP) is 4.26. The van der Waals surface area contributed by atoms with Crippen molar-refractivity contribution in [2.75, 3.05) is 32.0 Å². The summed E-state index contributed by atoms with van der Waals surface area (Å²) in [6, 6.07) is 6.81. The largest absolute Gasteiger partial charge is 0.353 e. The van der Waals surface area contributed by atoms with Gasteiger partial charge >= 0.3 is 0 Å². The van der Waals surface area contributed by atoms with Crippen LogP contribution in [-0.4, -0.2) is 64.0 Å². The number of hydrogen-bond acceptors (Lipinski definition) is 4. The Balaban J connectivity index is 1.47. The number of amides is 1. The van der Waals surface area contributed by atoms with Crippen LogP contribution in [0.5, 0.6) is 0 Å². The third kappa shape index (κ3) is 4.48. The van der Waals surface area contributed by atoms with Gasteiger partial charge in [-0.15, -0.1) is 0 Å². The number of imidazole rings is 1. The van der Waals surface area contributed by atoms with Crippen LogP contribution in [0.25, 0.3) is 11.0 Å². The average Bonchev–Trinajstić information content (AvgIpc) is 3.29. The molecule has 0 spiro atoms. The van der Waals surface area contributed by atoms with Gasteiger partial charge in [-0.1, -0.05) is 19.8 Å². The van der Waals surface area contributed by atoms with Gasteiger partial charge in [0.1, 0.15) is 0 Å². The molecule has 1 amide bonds. The fraction of sp³-hybridized carbons (Fsp3) is 0.667. The van der Waals surface area contributed by atoms with E-state index in [-0.39, 0.29) is 5.91 Å². The van der Waals surface area contributed by atoms with E-state index in [1.165, 1.54) is 32.1 Å². The minimum Gasteiger partial charge on any atom is -0.353 e. The number of aromatic nitrogens is 2. The number of carbonyl (C=O) groups is 1. The molecule has 2 heterocycles. The highest BCUT2D eigenvalue weighted by Gasteiger charge is 2.25. The number of nitrogens with zero attached hydrogens (tertiary/aromatic N) is 4. The Bertz CT molecular complexity index is 870. The van der Waals surface area contributed by atoms with E-state index in [4.69, 9.17) is 4.98 Å². The van der Waals surface area contributed by atoms with Gasteiger partial charge in [-0.05, 0) is 69.8 Å². The molecule has 1 atom stereocenters. The second-order valence-corrected chi connectivity index (χ2v) is 9.17. The number of carbonyl (C=O) groups excluding carboxylic acids is 1. The molecular formula is C24H37N5O. The van der Waals surface area contributed by atoms with Crippen molar-refractivity contribution in [3.8, 4) is 0 Å². The first-order valence-electron chi connectivity index (χ1n) is 11.8. The van der Waals surface area contributed by atoms with Crippen molar-refractivity contribution < 1.29 is 4.79 Å². The quantitative estimate of drug-likeness (QED) is 0.771. The predicted molar refractivity (Wildman–Crippen MR) is 123 cm³/mol. The second-order valence-electron chi connectivity index (χ2n) is 9.17. The van der Waals surface area contributed by atoms with Gasteiger partial charge in [0.2, 0.25) is 5.95 Å². The second kappa shape index (κ2) is 9.38. The molecule has 0 radical (unpaired) electrons. The third-order valence-corrected chi connectivity index (χ3v) is 7.01. The lowest BCUT2D eigenvalue weighted by Gasteiger charge is -2.27. The summed E-state index contributed by atoms with van der Waals surface area (Å²) >= 11 is 0. The summed E-state index contributed by atoms with van der Waals surface area (Å²) < 4.78 is 2.11. The average molecular weight is 412 g/mol. The van der Waals surface area contributed by atoms with Crippen LogP contribution >= 0.6 is 0 Å². The Morgan fingerprint density at radius 2 is 1.97 bits per heavy atom.